The molecule has 0 aliphatic heterocycles. The van der Waals surface area contributed by atoms with Gasteiger partial charge in [0.25, 0.3) is 0 Å². The van der Waals surface area contributed by atoms with Crippen LogP contribution in [0.3, 0.4) is 0 Å². The Kier molecular flexibility index (Phi) is 4.02. The van der Waals surface area contributed by atoms with Crippen LogP contribution in [0.15, 0.2) is 0 Å². The lowest BCUT2D eigenvalue weighted by Crippen LogP contribution is -2.00. The van der Waals surface area contributed by atoms with Crippen molar-refractivity contribution in [2.45, 2.75) is 0 Å². The molecule has 5 heteroatoms. The van der Waals surface area contributed by atoms with Gasteiger partial charge in [-0.25, -0.2) is 0 Å². The number of hydrogen-bond donors (Lipinski definition) is 2. The fourth-order valence-electron chi connectivity index (χ4n) is 0.0272. The highest BCUT2D eigenvalue weighted by atomic mass is 16.5. The predicted octanol–water partition coefficient (Wildman–Crippen LogP) is -1.94. The van der Waals surface area contributed by atoms with Crippen LogP contribution in [0.1, 0.15) is 0 Å². The highest BCUT2D eigenvalue weighted by Crippen LogP contribution is 1.48. The lowest BCUT2D eigenvalue weighted by atomic mass is 10.3. The molecule has 0 saturated heterocycles. The average molecular weight is 71.6 g/mol. The van der Waals surface area contributed by atoms with Gasteiger partial charge in [0.15, 0.2) is 0 Å². The van der Waals surface area contributed by atoms with Crippen molar-refractivity contribution in [1.29, 1.82) is 0 Å². The van der Waals surface area contributed by atoms with Gasteiger partial charge in [-0.05, 0) is 0 Å². The van der Waals surface area contributed by atoms with Crippen molar-refractivity contribution in [1.82, 2.24) is 0 Å². The molecule has 2 N–H and O–H groups in total. The Morgan fingerprint density at radius 3 is 1.60 bits per heavy atom. The minimum atomic E-state index is 0.375. The smallest absolute Gasteiger partial charge is 0.456 e. The lowest BCUT2D eigenvalue weighted by molar-refractivity contribution is 0.408. The van der Waals surface area contributed by atoms with Crippen molar-refractivity contribution in [3.05, 3.63) is 0 Å². The predicted molar refractivity (Wildman–Crippen MR) is 17.0 cm³/mol. The molecule has 0 unspecified atom stereocenters. The summed E-state index contributed by atoms with van der Waals surface area (Å²) < 4.78 is 3.69. The van der Waals surface area contributed by atoms with Crippen LogP contribution in [0.25, 0.3) is 0 Å². The van der Waals surface area contributed by atoms with Crippen LogP contribution in [0.2, 0.25) is 0 Å². The molecule has 26 valence electrons. The van der Waals surface area contributed by atoms with Gasteiger partial charge in [-0.15, -0.1) is 0 Å². The van der Waals surface area contributed by atoms with Gasteiger partial charge in [-0.1, -0.05) is 0 Å². The highest BCUT2D eigenvalue weighted by Gasteiger charge is 1.80. The maximum Gasteiger partial charge on any atom is 0.469 e. The molecule has 0 fully saturated rings. The summed E-state index contributed by atoms with van der Waals surface area (Å²) in [4.78, 5) is 0. The van der Waals surface area contributed by atoms with E-state index in [9.17, 15) is 0 Å². The largest absolute Gasteiger partial charge is 0.469 e. The summed E-state index contributed by atoms with van der Waals surface area (Å²) in [7, 11) is 0.750. The second kappa shape index (κ2) is 4.01. The van der Waals surface area contributed by atoms with E-state index < -0.39 is 0 Å². The maximum atomic E-state index is 7.53. The van der Waals surface area contributed by atoms with E-state index in [-0.39, 0.29) is 0 Å². The monoisotopic (exact) mass is 72.0 g/mol. The Balaban J connectivity index is 2.19. The molecular weight excluding hydrogens is 69.6 g/mol. The molecule has 0 aliphatic carbocycles. The minimum Gasteiger partial charge on any atom is -0.456 e. The van der Waals surface area contributed by atoms with E-state index >= 15 is 0 Å². The Morgan fingerprint density at radius 2 is 1.60 bits per heavy atom. The molecular formula is H2B2O3. The second-order valence-electron chi connectivity index (χ2n) is 0.347. The van der Waals surface area contributed by atoms with Crippen molar-refractivity contribution < 1.29 is 14.6 Å². The fraction of sp³-hybridized carbons (Fsp3) is 0. The molecule has 0 heterocycles. The third-order valence-corrected chi connectivity index (χ3v) is 0.122. The summed E-state index contributed by atoms with van der Waals surface area (Å²) in [5.41, 5.74) is 0. The van der Waals surface area contributed by atoms with Crippen LogP contribution in [0.4, 0.5) is 0 Å². The fourth-order valence-corrected chi connectivity index (χ4v) is 0.0272. The van der Waals surface area contributed by atoms with Gasteiger partial charge >= 0.3 is 15.4 Å². The van der Waals surface area contributed by atoms with Crippen LogP contribution in [0, 0.1) is 0 Å². The van der Waals surface area contributed by atoms with E-state index in [1.54, 1.807) is 0 Å². The molecule has 0 bridgehead atoms. The SMILES string of the molecule is O[B]O[B]O. The van der Waals surface area contributed by atoms with Crippen LogP contribution >= 0.6 is 0 Å². The Morgan fingerprint density at radius 1 is 1.20 bits per heavy atom. The van der Waals surface area contributed by atoms with E-state index in [0.29, 0.717) is 15.4 Å². The summed E-state index contributed by atoms with van der Waals surface area (Å²) in [6.07, 6.45) is 0. The minimum absolute atomic E-state index is 0.375. The third-order valence-electron chi connectivity index (χ3n) is 0.122. The van der Waals surface area contributed by atoms with Gasteiger partial charge in [-0.3, -0.25) is 0 Å². The molecule has 5 heavy (non-hydrogen) atoms. The molecule has 0 aliphatic rings. The van der Waals surface area contributed by atoms with Crippen LogP contribution < -0.4 is 0 Å². The Bertz CT molecular complexity index is 12.4. The van der Waals surface area contributed by atoms with E-state index in [1.165, 1.54) is 0 Å². The quantitative estimate of drug-likeness (QED) is 0.373. The normalized spacial score (nSPS) is 6.80. The zero-order chi connectivity index (χ0) is 4.12. The first-order chi connectivity index (χ1) is 2.41. The molecule has 0 atom stereocenters. The van der Waals surface area contributed by atoms with Crippen molar-refractivity contribution >= 4 is 15.4 Å². The first kappa shape index (κ1) is 5.01. The topological polar surface area (TPSA) is 49.7 Å². The molecule has 2 radical (unpaired) electrons. The van der Waals surface area contributed by atoms with Gasteiger partial charge in [0.2, 0.25) is 0 Å². The van der Waals surface area contributed by atoms with Gasteiger partial charge in [0, 0.05) is 0 Å². The van der Waals surface area contributed by atoms with Gasteiger partial charge in [-0.2, -0.15) is 0 Å². The average Bonchev–Trinajstić information content (AvgIpc) is 1.41. The van der Waals surface area contributed by atoms with Crippen LogP contribution in [-0.2, 0) is 4.57 Å². The molecule has 0 aromatic heterocycles. The lowest BCUT2D eigenvalue weighted by Gasteiger charge is -1.78. The van der Waals surface area contributed by atoms with Crippen molar-refractivity contribution in [3.63, 3.8) is 0 Å². The summed E-state index contributed by atoms with van der Waals surface area (Å²) in [5.74, 6) is 0. The zero-order valence-corrected chi connectivity index (χ0v) is 2.46. The first-order valence-corrected chi connectivity index (χ1v) is 0.988. The van der Waals surface area contributed by atoms with E-state index in [4.69, 9.17) is 10.0 Å². The molecule has 0 aromatic carbocycles. The number of rotatable bonds is 2. The Hall–Kier alpha value is 0.00987. The maximum absolute atomic E-state index is 7.53. The number of hydrogen-bond acceptors (Lipinski definition) is 3. The first-order valence-electron chi connectivity index (χ1n) is 0.988. The molecule has 0 rings (SSSR count). The van der Waals surface area contributed by atoms with Crippen molar-refractivity contribution in [2.24, 2.45) is 0 Å². The molecule has 3 nitrogen and oxygen atoms in total. The highest BCUT2D eigenvalue weighted by molar-refractivity contribution is 6.32. The van der Waals surface area contributed by atoms with Crippen LogP contribution in [0.5, 0.6) is 0 Å². The molecule has 0 spiro atoms. The summed E-state index contributed by atoms with van der Waals surface area (Å²) in [6.45, 7) is 0. The summed E-state index contributed by atoms with van der Waals surface area (Å²) >= 11 is 0. The third kappa shape index (κ3) is 4.01. The van der Waals surface area contributed by atoms with Crippen LogP contribution in [-0.4, -0.2) is 25.4 Å². The van der Waals surface area contributed by atoms with E-state index in [1.807, 2.05) is 0 Å². The summed E-state index contributed by atoms with van der Waals surface area (Å²) in [6, 6.07) is 0. The molecule has 0 saturated carbocycles. The molecule has 0 aromatic rings. The van der Waals surface area contributed by atoms with Gasteiger partial charge < -0.3 is 14.6 Å². The second-order valence-corrected chi connectivity index (χ2v) is 0.347. The molecule has 0 amide bonds. The zero-order valence-electron chi connectivity index (χ0n) is 2.46. The van der Waals surface area contributed by atoms with E-state index in [0.717, 1.165) is 0 Å². The van der Waals surface area contributed by atoms with Gasteiger partial charge in [0.1, 0.15) is 0 Å². The van der Waals surface area contributed by atoms with Crippen molar-refractivity contribution in [3.8, 4) is 0 Å². The summed E-state index contributed by atoms with van der Waals surface area (Å²) in [5, 5.41) is 15.1. The van der Waals surface area contributed by atoms with E-state index in [2.05, 4.69) is 4.57 Å². The standard InChI is InChI=1S/B2H2O3/c3-1-5-2-4/h3-4H. The van der Waals surface area contributed by atoms with Gasteiger partial charge in [0.05, 0.1) is 0 Å². The Labute approximate surface area is 31.2 Å². The van der Waals surface area contributed by atoms with Crippen molar-refractivity contribution in [2.75, 3.05) is 0 Å².